The Labute approximate surface area is 660 Å². The Morgan fingerprint density at radius 3 is 0.991 bits per heavy atom. The highest BCUT2D eigenvalue weighted by molar-refractivity contribution is 7.58. The summed E-state index contributed by atoms with van der Waals surface area (Å²) in [6, 6.07) is 43.8. The number of nitrogens with zero attached hydrogens (tertiary/aromatic N) is 12. The molecule has 0 fully saturated rings. The van der Waals surface area contributed by atoms with Crippen LogP contribution >= 0.6 is 79.7 Å². The number of methoxy groups -OCH3 is 2. The van der Waals surface area contributed by atoms with E-state index in [1.807, 2.05) is 60.7 Å². The van der Waals surface area contributed by atoms with Crippen LogP contribution in [0.1, 0.15) is 164 Å². The van der Waals surface area contributed by atoms with Gasteiger partial charge < -0.3 is 9.47 Å². The van der Waals surface area contributed by atoms with E-state index < -0.39 is 22.4 Å². The van der Waals surface area contributed by atoms with Crippen molar-refractivity contribution >= 4 is 148 Å². The van der Waals surface area contributed by atoms with Crippen molar-refractivity contribution in [2.45, 2.75) is 77.0 Å². The van der Waals surface area contributed by atoms with Gasteiger partial charge in [-0.3, -0.25) is 9.59 Å². The van der Waals surface area contributed by atoms with Crippen LogP contribution in [-0.4, -0.2) is 34.5 Å². The fourth-order valence-electron chi connectivity index (χ4n) is 17.1. The number of benzene rings is 5. The van der Waals surface area contributed by atoms with Crippen LogP contribution < -0.4 is 9.47 Å². The lowest BCUT2D eigenvalue weighted by atomic mass is 9.79. The molecule has 0 bridgehead atoms. The molecule has 0 amide bonds. The van der Waals surface area contributed by atoms with E-state index in [1.54, 1.807) is 71.7 Å². The van der Waals surface area contributed by atoms with E-state index in [-0.39, 0.29) is 88.8 Å². The summed E-state index contributed by atoms with van der Waals surface area (Å²) >= 11 is 12.2. The van der Waals surface area contributed by atoms with Crippen molar-refractivity contribution in [3.8, 4) is 142 Å². The van der Waals surface area contributed by atoms with Gasteiger partial charge in [-0.25, -0.2) is 0 Å². The molecule has 24 heteroatoms. The van der Waals surface area contributed by atoms with E-state index in [0.717, 1.165) is 62.8 Å². The smallest absolute Gasteiger partial charge is 0.194 e. The Morgan fingerprint density at radius 2 is 0.682 bits per heavy atom. The first-order chi connectivity index (χ1) is 52.9. The molecule has 0 atom stereocenters. The predicted octanol–water partition coefficient (Wildman–Crippen LogP) is 22.3. The quantitative estimate of drug-likeness (QED) is 0.101. The highest BCUT2D eigenvalue weighted by Crippen LogP contribution is 2.66. The molecule has 12 aromatic rings. The number of ether oxygens (including phenoxy) is 2. The number of carbonyl (C=O) groups is 2. The molecular formula is C86H46N12O4S8. The Kier molecular flexibility index (Phi) is 14.7. The SMILES string of the molecule is COc1cc(/C=C2\C(=O)c3cc(C#N)c(C#N)cc3C2=C(C#N)C#N)sc1-c1cc2c(s1)-c1cc3c(cc1C2(C)C)-c1sc(-c2c4c(c(-c5cc6c(s5)-c5cc7c(cc5C6(C)C)-c5sc(-c6sc(/C=C8\C(=O)c9cc(C#N)c(C#N)cc9C8=C(C#N)C#N)cc6OC)cc5C7(C)C)c5nsnc25)N=S=N4)cc1C3(C)C. The van der Waals surface area contributed by atoms with Crippen LogP contribution in [0, 0.1) is 90.6 Å². The van der Waals surface area contributed by atoms with Crippen LogP contribution in [0.3, 0.4) is 0 Å². The maximum Gasteiger partial charge on any atom is 0.194 e. The third-order valence-electron chi connectivity index (χ3n) is 22.7. The van der Waals surface area contributed by atoms with Gasteiger partial charge in [-0.05, 0) is 175 Å². The lowest BCUT2D eigenvalue weighted by Crippen LogP contribution is -2.16. The van der Waals surface area contributed by atoms with Crippen molar-refractivity contribution < 1.29 is 19.1 Å². The zero-order valence-corrected chi connectivity index (χ0v) is 66.0. The van der Waals surface area contributed by atoms with Crippen molar-refractivity contribution in [1.29, 1.82) is 42.1 Å². The third kappa shape index (κ3) is 9.08. The number of ketones is 2. The van der Waals surface area contributed by atoms with E-state index in [2.05, 4.69) is 104 Å². The van der Waals surface area contributed by atoms with Crippen LogP contribution in [0.4, 0.5) is 11.4 Å². The molecule has 0 saturated carbocycles. The summed E-state index contributed by atoms with van der Waals surface area (Å²) in [5.41, 5.74) is 19.0. The summed E-state index contributed by atoms with van der Waals surface area (Å²) < 4.78 is 32.5. The number of aromatic nitrogens is 2. The van der Waals surface area contributed by atoms with Gasteiger partial charge in [-0.1, -0.05) is 55.4 Å². The summed E-state index contributed by atoms with van der Waals surface area (Å²) in [7, 11) is 3.22. The maximum absolute atomic E-state index is 14.2. The predicted molar refractivity (Wildman–Crippen MR) is 434 cm³/mol. The first-order valence-corrected chi connectivity index (χ1v) is 40.6. The highest BCUT2D eigenvalue weighted by Gasteiger charge is 2.48. The molecule has 110 heavy (non-hydrogen) atoms. The second-order valence-electron chi connectivity index (χ2n) is 29.6. The van der Waals surface area contributed by atoms with Gasteiger partial charge in [-0.15, -0.1) is 68.0 Å². The number of hydrogen-bond donors (Lipinski definition) is 0. The minimum absolute atomic E-state index is 0.0306. The van der Waals surface area contributed by atoms with Gasteiger partial charge in [0, 0.05) is 115 Å². The standard InChI is InChI=1S/C86H46N12O4S8/c1-83(2)53-21-49-55(85(5,6)59-25-65(107-79(49)59)81-61(101-9)17-41(103-81)15-51-67(39(31-91)32-92)43-11-35(27-87)37(29-89)13-45(43)75(51)99)19-47(53)77-57(83)23-63(105-77)69-71-73(97-109-95-71)70(74-72(69)96-110-98-74)64-24-58-78(106-64)48-20-56-50(22-54(48)84(58,3)4)80-60(86(56,7)8)26-66(108-80)82-62(102-10)18-42(104-82)16-52-68(40(33-93)34-94)44-12-36(28-88)38(30-90)14-46(44)76(52)100/h11-26H,1-10H3/b51-15-,52-16-. The molecule has 7 aliphatic rings. The van der Waals surface area contributed by atoms with Crippen molar-refractivity contribution in [1.82, 2.24) is 8.75 Å². The summed E-state index contributed by atoms with van der Waals surface area (Å²) in [6.45, 7) is 18.3. The van der Waals surface area contributed by atoms with Gasteiger partial charge in [0.15, 0.2) is 11.6 Å². The topological polar surface area (TPSA) is 293 Å². The highest BCUT2D eigenvalue weighted by atomic mass is 32.1. The minimum atomic E-state index is -0.453. The number of rotatable bonds is 8. The summed E-state index contributed by atoms with van der Waals surface area (Å²) in [4.78, 5) is 40.2. The molecule has 0 N–H and O–H groups in total. The maximum atomic E-state index is 14.2. The number of fused-ring (bicyclic) bond motifs is 16. The zero-order chi connectivity index (χ0) is 76.6. The molecule has 1 aliphatic heterocycles. The van der Waals surface area contributed by atoms with Crippen molar-refractivity contribution in [2.24, 2.45) is 8.73 Å². The largest absolute Gasteiger partial charge is 0.495 e. The first-order valence-electron chi connectivity index (χ1n) is 34.2. The summed E-state index contributed by atoms with van der Waals surface area (Å²) in [6.07, 6.45) is 3.33. The fourth-order valence-corrected chi connectivity index (χ4v) is 26.1. The molecule has 0 saturated heterocycles. The molecule has 5 aromatic carbocycles. The van der Waals surface area contributed by atoms with Gasteiger partial charge in [0.2, 0.25) is 0 Å². The van der Waals surface area contributed by atoms with E-state index in [1.165, 1.54) is 156 Å². The van der Waals surface area contributed by atoms with E-state index in [0.29, 0.717) is 21.3 Å². The Bertz CT molecular complexity index is 6700. The van der Waals surface area contributed by atoms with E-state index >= 15 is 0 Å². The molecule has 6 aliphatic carbocycles. The summed E-state index contributed by atoms with van der Waals surface area (Å²) in [5, 5.41) is 79.7. The van der Waals surface area contributed by atoms with Gasteiger partial charge in [0.25, 0.3) is 0 Å². The van der Waals surface area contributed by atoms with Gasteiger partial charge in [-0.2, -0.15) is 59.6 Å². The molecule has 16 nitrogen and oxygen atoms in total. The average Bonchev–Trinajstić information content (AvgIpc) is 1.54. The molecule has 19 rings (SSSR count). The van der Waals surface area contributed by atoms with Crippen LogP contribution in [0.2, 0.25) is 0 Å². The number of hydrogen-bond acceptors (Lipinski definition) is 23. The average molecular weight is 1570 g/mol. The molecule has 7 aromatic heterocycles. The molecule has 0 unspecified atom stereocenters. The molecule has 8 heterocycles. The fraction of sp³-hybridized carbons (Fsp3) is 0.163. The minimum Gasteiger partial charge on any atom is -0.495 e. The zero-order valence-electron chi connectivity index (χ0n) is 59.5. The van der Waals surface area contributed by atoms with Gasteiger partial charge in [0.1, 0.15) is 93.6 Å². The second-order valence-corrected chi connectivity index (χ2v) is 37.1. The van der Waals surface area contributed by atoms with Crippen LogP contribution in [0.15, 0.2) is 116 Å². The lowest BCUT2D eigenvalue weighted by Gasteiger charge is -2.24. The first kappa shape index (κ1) is 68.3. The van der Waals surface area contributed by atoms with Gasteiger partial charge in [0.05, 0.1) is 69.3 Å². The second kappa shape index (κ2) is 23.6. The number of carbonyl (C=O) groups excluding carboxylic acids is 2. The third-order valence-corrected chi connectivity index (χ3v) is 31.0. The van der Waals surface area contributed by atoms with Gasteiger partial charge >= 0.3 is 0 Å². The molecule has 522 valence electrons. The van der Waals surface area contributed by atoms with E-state index in [9.17, 15) is 51.7 Å². The van der Waals surface area contributed by atoms with E-state index in [4.69, 9.17) is 26.9 Å². The van der Waals surface area contributed by atoms with Crippen LogP contribution in [0.25, 0.3) is 116 Å². The van der Waals surface area contributed by atoms with Crippen LogP contribution in [-0.2, 0) is 33.0 Å². The molecule has 0 radical (unpaired) electrons. The Balaban J connectivity index is 0.634. The van der Waals surface area contributed by atoms with Crippen molar-refractivity contribution in [3.05, 3.63) is 206 Å². The lowest BCUT2D eigenvalue weighted by molar-refractivity contribution is 0.103. The Hall–Kier alpha value is -12.2. The molecular weight excluding hydrogens is 1520 g/mol. The number of thiophene rings is 6. The van der Waals surface area contributed by atoms with Crippen molar-refractivity contribution in [3.63, 3.8) is 0 Å². The monoisotopic (exact) mass is 1570 g/mol. The van der Waals surface area contributed by atoms with Crippen molar-refractivity contribution in [2.75, 3.05) is 14.2 Å². The number of Topliss-reactive ketones (excluding diaryl/α,β-unsaturated/α-hetero) is 2. The molecule has 0 spiro atoms. The number of allylic oxidation sites excluding steroid dienone is 6. The van der Waals surface area contributed by atoms with Crippen LogP contribution in [0.5, 0.6) is 11.5 Å². The normalized spacial score (nSPS) is 16.2. The Morgan fingerprint density at radius 1 is 0.373 bits per heavy atom. The number of nitriles is 8. The summed E-state index contributed by atoms with van der Waals surface area (Å²) in [5.74, 6) is 0.302.